The fourth-order valence-electron chi connectivity index (χ4n) is 3.91. The molecule has 2 N–H and O–H groups in total. The summed E-state index contributed by atoms with van der Waals surface area (Å²) in [4.78, 5) is 26.4. The molecule has 0 aliphatic carbocycles. The normalized spacial score (nSPS) is 10.9. The molecule has 0 aliphatic heterocycles. The molecular weight excluding hydrogens is 492 g/mol. The van der Waals surface area contributed by atoms with Crippen LogP contribution in [0.3, 0.4) is 0 Å². The van der Waals surface area contributed by atoms with E-state index >= 15 is 0 Å². The summed E-state index contributed by atoms with van der Waals surface area (Å²) in [6.07, 6.45) is 1.89. The van der Waals surface area contributed by atoms with Crippen molar-refractivity contribution >= 4 is 39.9 Å². The highest BCUT2D eigenvalue weighted by atomic mass is 32.2. The lowest BCUT2D eigenvalue weighted by Gasteiger charge is -2.11. The number of carbonyl (C=O) groups excluding carboxylic acids is 1. The lowest BCUT2D eigenvalue weighted by Crippen LogP contribution is -2.14. The molecule has 0 spiro atoms. The first kappa shape index (κ1) is 24.1. The van der Waals surface area contributed by atoms with Crippen LogP contribution >= 0.6 is 11.8 Å². The van der Waals surface area contributed by atoms with Crippen LogP contribution in [0.1, 0.15) is 6.92 Å². The third-order valence-corrected chi connectivity index (χ3v) is 6.47. The molecule has 0 atom stereocenters. The van der Waals surface area contributed by atoms with Gasteiger partial charge in [0.1, 0.15) is 5.75 Å². The maximum Gasteiger partial charge on any atom is 0.271 e. The maximum absolute atomic E-state index is 12.7. The molecule has 5 aromatic rings. The second-order valence-corrected chi connectivity index (χ2v) is 8.90. The highest BCUT2D eigenvalue weighted by Gasteiger charge is 2.20. The van der Waals surface area contributed by atoms with Crippen LogP contribution in [0.2, 0.25) is 0 Å². The topological polar surface area (TPSA) is 128 Å². The smallest absolute Gasteiger partial charge is 0.271 e. The number of non-ortho nitro benzene ring substituents is 1. The molecule has 37 heavy (non-hydrogen) atoms. The van der Waals surface area contributed by atoms with Gasteiger partial charge in [-0.15, -0.1) is 10.2 Å². The molecule has 3 aromatic carbocycles. The minimum Gasteiger partial charge on any atom is -0.494 e. The molecule has 11 heteroatoms. The quantitative estimate of drug-likeness (QED) is 0.152. The first-order valence-corrected chi connectivity index (χ1v) is 12.4. The highest BCUT2D eigenvalue weighted by Crippen LogP contribution is 2.33. The summed E-state index contributed by atoms with van der Waals surface area (Å²) in [5.74, 6) is 1.09. The van der Waals surface area contributed by atoms with E-state index in [2.05, 4.69) is 20.5 Å². The molecule has 2 aromatic heterocycles. The van der Waals surface area contributed by atoms with Crippen LogP contribution in [-0.2, 0) is 4.79 Å². The Morgan fingerprint density at radius 1 is 1.11 bits per heavy atom. The van der Waals surface area contributed by atoms with Crippen molar-refractivity contribution in [3.05, 3.63) is 89.1 Å². The third kappa shape index (κ3) is 5.16. The van der Waals surface area contributed by atoms with Crippen LogP contribution in [0.25, 0.3) is 28.0 Å². The van der Waals surface area contributed by atoms with E-state index in [1.165, 1.54) is 30.0 Å². The fourth-order valence-corrected chi connectivity index (χ4v) is 4.66. The molecule has 0 saturated heterocycles. The number of nitrogens with zero attached hydrogens (tertiary/aromatic N) is 4. The van der Waals surface area contributed by atoms with E-state index in [0.717, 1.165) is 27.9 Å². The Labute approximate surface area is 215 Å². The van der Waals surface area contributed by atoms with Gasteiger partial charge in [-0.1, -0.05) is 36.0 Å². The van der Waals surface area contributed by atoms with E-state index in [0.29, 0.717) is 23.3 Å². The largest absolute Gasteiger partial charge is 0.494 e. The number of nitro groups is 1. The molecule has 0 bridgehead atoms. The fraction of sp³-hybridized carbons (Fsp3) is 0.115. The third-order valence-electron chi connectivity index (χ3n) is 5.54. The molecule has 0 aliphatic rings. The Morgan fingerprint density at radius 3 is 2.70 bits per heavy atom. The standard InChI is InChI=1S/C26H22N6O4S/c1-2-36-20-12-10-18(11-13-20)31-25(22-15-27-23-9-4-3-8-21(22)23)29-30-26(31)37-16-24(33)28-17-6-5-7-19(14-17)32(34)35/h3-15,27H,2,16H2,1H3,(H,28,33). The minimum absolute atomic E-state index is 0.0335. The monoisotopic (exact) mass is 514 g/mol. The zero-order valence-corrected chi connectivity index (χ0v) is 20.6. The van der Waals surface area contributed by atoms with Gasteiger partial charge in [0.2, 0.25) is 5.91 Å². The Hall–Kier alpha value is -4.64. The Kier molecular flexibility index (Phi) is 6.86. The first-order valence-electron chi connectivity index (χ1n) is 11.5. The van der Waals surface area contributed by atoms with Crippen LogP contribution < -0.4 is 10.1 Å². The number of hydrogen-bond acceptors (Lipinski definition) is 7. The van der Waals surface area contributed by atoms with Gasteiger partial charge in [0.15, 0.2) is 11.0 Å². The minimum atomic E-state index is -0.504. The summed E-state index contributed by atoms with van der Waals surface area (Å²) < 4.78 is 7.48. The average molecular weight is 515 g/mol. The highest BCUT2D eigenvalue weighted by molar-refractivity contribution is 7.99. The van der Waals surface area contributed by atoms with E-state index in [1.807, 2.05) is 66.2 Å². The molecular formula is C26H22N6O4S. The van der Waals surface area contributed by atoms with Gasteiger partial charge >= 0.3 is 0 Å². The van der Waals surface area contributed by atoms with Crippen molar-refractivity contribution in [3.63, 3.8) is 0 Å². The number of aromatic nitrogens is 4. The Balaban J connectivity index is 1.44. The second kappa shape index (κ2) is 10.5. The predicted octanol–water partition coefficient (Wildman–Crippen LogP) is 5.45. The van der Waals surface area contributed by atoms with Crippen molar-refractivity contribution in [1.82, 2.24) is 19.7 Å². The van der Waals surface area contributed by atoms with Crippen LogP contribution in [0, 0.1) is 10.1 Å². The Bertz CT molecular complexity index is 1580. The van der Waals surface area contributed by atoms with Crippen molar-refractivity contribution in [2.24, 2.45) is 0 Å². The summed E-state index contributed by atoms with van der Waals surface area (Å²) in [5, 5.41) is 24.1. The number of amides is 1. The zero-order valence-electron chi connectivity index (χ0n) is 19.7. The maximum atomic E-state index is 12.7. The molecule has 0 saturated carbocycles. The molecule has 0 fully saturated rings. The van der Waals surface area contributed by atoms with Crippen LogP contribution in [0.5, 0.6) is 5.75 Å². The van der Waals surface area contributed by atoms with Gasteiger partial charge in [0.25, 0.3) is 5.69 Å². The van der Waals surface area contributed by atoms with Crippen molar-refractivity contribution in [2.75, 3.05) is 17.7 Å². The number of para-hydroxylation sites is 1. The number of anilines is 1. The summed E-state index contributed by atoms with van der Waals surface area (Å²) in [7, 11) is 0. The number of nitro benzene ring substituents is 1. The summed E-state index contributed by atoms with van der Waals surface area (Å²) in [6.45, 7) is 2.49. The van der Waals surface area contributed by atoms with E-state index in [9.17, 15) is 14.9 Å². The summed E-state index contributed by atoms with van der Waals surface area (Å²) >= 11 is 1.22. The number of H-pyrrole nitrogens is 1. The first-order chi connectivity index (χ1) is 18.0. The van der Waals surface area contributed by atoms with Crippen molar-refractivity contribution in [2.45, 2.75) is 12.1 Å². The predicted molar refractivity (Wildman–Crippen MR) is 142 cm³/mol. The molecule has 1 amide bonds. The van der Waals surface area contributed by atoms with Crippen molar-refractivity contribution < 1.29 is 14.5 Å². The average Bonchev–Trinajstić information content (AvgIpc) is 3.52. The van der Waals surface area contributed by atoms with Gasteiger partial charge in [-0.25, -0.2) is 0 Å². The zero-order chi connectivity index (χ0) is 25.8. The number of nitrogens with one attached hydrogen (secondary N) is 2. The van der Waals surface area contributed by atoms with Crippen molar-refractivity contribution in [3.8, 4) is 22.8 Å². The number of benzene rings is 3. The van der Waals surface area contributed by atoms with Gasteiger partial charge in [-0.2, -0.15) is 0 Å². The molecule has 2 heterocycles. The van der Waals surface area contributed by atoms with Gasteiger partial charge < -0.3 is 15.0 Å². The van der Waals surface area contributed by atoms with Gasteiger partial charge in [0.05, 0.1) is 17.3 Å². The number of aromatic amines is 1. The second-order valence-electron chi connectivity index (χ2n) is 7.96. The van der Waals surface area contributed by atoms with E-state index < -0.39 is 4.92 Å². The Morgan fingerprint density at radius 2 is 1.92 bits per heavy atom. The molecule has 0 radical (unpaired) electrons. The van der Waals surface area contributed by atoms with Gasteiger partial charge in [-0.3, -0.25) is 19.5 Å². The summed E-state index contributed by atoms with van der Waals surface area (Å²) in [5.41, 5.74) is 2.93. The van der Waals surface area contributed by atoms with Crippen LogP contribution in [0.4, 0.5) is 11.4 Å². The van der Waals surface area contributed by atoms with Gasteiger partial charge in [0, 0.05) is 46.2 Å². The number of hydrogen-bond donors (Lipinski definition) is 2. The van der Waals surface area contributed by atoms with E-state index in [-0.39, 0.29) is 17.3 Å². The van der Waals surface area contributed by atoms with Crippen molar-refractivity contribution in [1.29, 1.82) is 0 Å². The molecule has 10 nitrogen and oxygen atoms in total. The lowest BCUT2D eigenvalue weighted by atomic mass is 10.1. The number of carbonyl (C=O) groups is 1. The number of ether oxygens (including phenoxy) is 1. The number of thioether (sulfide) groups is 1. The van der Waals surface area contributed by atoms with Crippen LogP contribution in [0.15, 0.2) is 84.1 Å². The summed E-state index contributed by atoms with van der Waals surface area (Å²) in [6, 6.07) is 21.3. The van der Waals surface area contributed by atoms with E-state index in [4.69, 9.17) is 4.74 Å². The molecule has 186 valence electrons. The van der Waals surface area contributed by atoms with E-state index in [1.54, 1.807) is 6.07 Å². The number of rotatable bonds is 9. The molecule has 0 unspecified atom stereocenters. The number of fused-ring (bicyclic) bond motifs is 1. The van der Waals surface area contributed by atoms with Crippen LogP contribution in [-0.4, -0.2) is 42.9 Å². The van der Waals surface area contributed by atoms with Gasteiger partial charge in [-0.05, 0) is 43.3 Å². The lowest BCUT2D eigenvalue weighted by molar-refractivity contribution is -0.384. The SMILES string of the molecule is CCOc1ccc(-n2c(SCC(=O)Nc3cccc([N+](=O)[O-])c3)nnc2-c2c[nH]c3ccccc23)cc1. The molecule has 5 rings (SSSR count).